The molecule has 0 aliphatic heterocycles. The summed E-state index contributed by atoms with van der Waals surface area (Å²) in [5.74, 6) is 1.91. The van der Waals surface area contributed by atoms with Crippen LogP contribution in [0.2, 0.25) is 0 Å². The molecule has 0 aromatic rings. The molecule has 0 heterocycles. The van der Waals surface area contributed by atoms with E-state index in [1.54, 1.807) is 0 Å². The van der Waals surface area contributed by atoms with Gasteiger partial charge in [0.15, 0.2) is 0 Å². The molecular weight excluding hydrogens is 180 g/mol. The number of unbranched alkanes of at least 4 members (excludes halogenated alkanes) is 3. The topological polar surface area (TPSA) is 0 Å². The Morgan fingerprint density at radius 3 is 1.60 bits per heavy atom. The van der Waals surface area contributed by atoms with Gasteiger partial charge in [-0.05, 0) is 11.8 Å². The first-order chi connectivity index (χ1) is 7.20. The predicted molar refractivity (Wildman–Crippen MR) is 71.2 cm³/mol. The first kappa shape index (κ1) is 15.0. The standard InChI is InChI=1S/C15H32/c1-5-7-8-12-15(4)13-10-9-11-14(3)6-2/h14-15H,5-13H2,1-4H3. The van der Waals surface area contributed by atoms with Crippen LogP contribution in [-0.4, -0.2) is 0 Å². The fourth-order valence-electron chi connectivity index (χ4n) is 2.08. The molecule has 0 aromatic carbocycles. The number of hydrogen-bond donors (Lipinski definition) is 0. The van der Waals surface area contributed by atoms with Crippen LogP contribution in [0.15, 0.2) is 0 Å². The van der Waals surface area contributed by atoms with E-state index < -0.39 is 0 Å². The van der Waals surface area contributed by atoms with Crippen LogP contribution in [0.4, 0.5) is 0 Å². The van der Waals surface area contributed by atoms with Crippen molar-refractivity contribution in [1.82, 2.24) is 0 Å². The molecule has 0 aliphatic carbocycles. The monoisotopic (exact) mass is 212 g/mol. The van der Waals surface area contributed by atoms with Gasteiger partial charge in [0.05, 0.1) is 0 Å². The first-order valence-corrected chi connectivity index (χ1v) is 7.20. The lowest BCUT2D eigenvalue weighted by Gasteiger charge is -2.12. The summed E-state index contributed by atoms with van der Waals surface area (Å²) in [5.41, 5.74) is 0. The van der Waals surface area contributed by atoms with E-state index >= 15 is 0 Å². The molecule has 0 heteroatoms. The molecule has 0 rings (SSSR count). The van der Waals surface area contributed by atoms with Crippen LogP contribution >= 0.6 is 0 Å². The van der Waals surface area contributed by atoms with Crippen LogP contribution in [-0.2, 0) is 0 Å². The Morgan fingerprint density at radius 2 is 1.13 bits per heavy atom. The summed E-state index contributed by atoms with van der Waals surface area (Å²) >= 11 is 0. The fourth-order valence-corrected chi connectivity index (χ4v) is 2.08. The van der Waals surface area contributed by atoms with Gasteiger partial charge in [0.2, 0.25) is 0 Å². The van der Waals surface area contributed by atoms with E-state index in [9.17, 15) is 0 Å². The third-order valence-electron chi connectivity index (χ3n) is 3.64. The third-order valence-corrected chi connectivity index (χ3v) is 3.64. The molecule has 0 amide bonds. The summed E-state index contributed by atoms with van der Waals surface area (Å²) in [6, 6.07) is 0. The quantitative estimate of drug-likeness (QED) is 0.401. The molecule has 0 spiro atoms. The van der Waals surface area contributed by atoms with Crippen molar-refractivity contribution in [2.75, 3.05) is 0 Å². The number of hydrogen-bond acceptors (Lipinski definition) is 0. The smallest absolute Gasteiger partial charge is 0.0443 e. The van der Waals surface area contributed by atoms with Gasteiger partial charge in [0.1, 0.15) is 0 Å². The summed E-state index contributed by atoms with van der Waals surface area (Å²) in [6.45, 7) is 9.40. The predicted octanol–water partition coefficient (Wildman–Crippen LogP) is 5.81. The van der Waals surface area contributed by atoms with Crippen molar-refractivity contribution in [3.05, 3.63) is 0 Å². The van der Waals surface area contributed by atoms with Gasteiger partial charge >= 0.3 is 0 Å². The van der Waals surface area contributed by atoms with Crippen molar-refractivity contribution >= 4 is 0 Å². The second-order valence-corrected chi connectivity index (χ2v) is 5.40. The zero-order valence-electron chi connectivity index (χ0n) is 11.5. The zero-order chi connectivity index (χ0) is 11.5. The van der Waals surface area contributed by atoms with Gasteiger partial charge < -0.3 is 0 Å². The minimum atomic E-state index is 0.945. The normalized spacial score (nSPS) is 15.2. The van der Waals surface area contributed by atoms with Gasteiger partial charge in [-0.15, -0.1) is 0 Å². The van der Waals surface area contributed by atoms with E-state index in [4.69, 9.17) is 0 Å². The maximum Gasteiger partial charge on any atom is -0.0443 e. The highest BCUT2D eigenvalue weighted by molar-refractivity contribution is 4.56. The van der Waals surface area contributed by atoms with Crippen LogP contribution in [0.5, 0.6) is 0 Å². The molecule has 15 heavy (non-hydrogen) atoms. The van der Waals surface area contributed by atoms with Gasteiger partial charge in [-0.3, -0.25) is 0 Å². The second kappa shape index (κ2) is 10.5. The van der Waals surface area contributed by atoms with Crippen LogP contribution in [0, 0.1) is 11.8 Å². The Hall–Kier alpha value is 0. The highest BCUT2D eigenvalue weighted by Gasteiger charge is 2.03. The molecule has 2 unspecified atom stereocenters. The summed E-state index contributed by atoms with van der Waals surface area (Å²) in [4.78, 5) is 0. The Morgan fingerprint density at radius 1 is 0.667 bits per heavy atom. The molecule has 0 aromatic heterocycles. The molecular formula is C15H32. The molecule has 0 saturated carbocycles. The van der Waals surface area contributed by atoms with E-state index in [-0.39, 0.29) is 0 Å². The highest BCUT2D eigenvalue weighted by atomic mass is 14.1. The van der Waals surface area contributed by atoms with Crippen molar-refractivity contribution in [3.8, 4) is 0 Å². The Kier molecular flexibility index (Phi) is 10.5. The SMILES string of the molecule is CCCCCC(C)CCCCC(C)CC. The number of rotatable bonds is 10. The average Bonchev–Trinajstić information content (AvgIpc) is 2.24. The van der Waals surface area contributed by atoms with Gasteiger partial charge in [-0.25, -0.2) is 0 Å². The van der Waals surface area contributed by atoms with Gasteiger partial charge in [-0.1, -0.05) is 85.5 Å². The summed E-state index contributed by atoms with van der Waals surface area (Å²) < 4.78 is 0. The van der Waals surface area contributed by atoms with E-state index in [1.807, 2.05) is 0 Å². The maximum absolute atomic E-state index is 2.43. The van der Waals surface area contributed by atoms with Crippen molar-refractivity contribution < 1.29 is 0 Å². The minimum Gasteiger partial charge on any atom is -0.0654 e. The second-order valence-electron chi connectivity index (χ2n) is 5.40. The van der Waals surface area contributed by atoms with Gasteiger partial charge in [0, 0.05) is 0 Å². The Balaban J connectivity index is 3.19. The van der Waals surface area contributed by atoms with Gasteiger partial charge in [0.25, 0.3) is 0 Å². The fraction of sp³-hybridized carbons (Fsp3) is 1.00. The summed E-state index contributed by atoms with van der Waals surface area (Å²) in [6.07, 6.45) is 12.9. The van der Waals surface area contributed by atoms with E-state index in [0.717, 1.165) is 11.8 Å². The molecule has 0 fully saturated rings. The van der Waals surface area contributed by atoms with Crippen LogP contribution in [0.1, 0.15) is 85.5 Å². The lowest BCUT2D eigenvalue weighted by molar-refractivity contribution is 0.416. The molecule has 0 N–H and O–H groups in total. The lowest BCUT2D eigenvalue weighted by Crippen LogP contribution is -1.97. The molecule has 2 atom stereocenters. The average molecular weight is 212 g/mol. The third kappa shape index (κ3) is 10.3. The molecule has 0 radical (unpaired) electrons. The Labute approximate surface area is 97.8 Å². The van der Waals surface area contributed by atoms with Crippen molar-refractivity contribution in [2.24, 2.45) is 11.8 Å². The summed E-state index contributed by atoms with van der Waals surface area (Å²) in [7, 11) is 0. The van der Waals surface area contributed by atoms with E-state index in [2.05, 4.69) is 27.7 Å². The summed E-state index contributed by atoms with van der Waals surface area (Å²) in [5, 5.41) is 0. The van der Waals surface area contributed by atoms with Crippen LogP contribution in [0.25, 0.3) is 0 Å². The van der Waals surface area contributed by atoms with Crippen molar-refractivity contribution in [1.29, 1.82) is 0 Å². The molecule has 0 aliphatic rings. The maximum atomic E-state index is 2.43. The first-order valence-electron chi connectivity index (χ1n) is 7.20. The highest BCUT2D eigenvalue weighted by Crippen LogP contribution is 2.18. The van der Waals surface area contributed by atoms with E-state index in [1.165, 1.54) is 57.8 Å². The van der Waals surface area contributed by atoms with E-state index in [0.29, 0.717) is 0 Å². The molecule has 0 bridgehead atoms. The van der Waals surface area contributed by atoms with Crippen molar-refractivity contribution in [3.63, 3.8) is 0 Å². The lowest BCUT2D eigenvalue weighted by atomic mass is 9.94. The van der Waals surface area contributed by atoms with Crippen LogP contribution < -0.4 is 0 Å². The molecule has 92 valence electrons. The zero-order valence-corrected chi connectivity index (χ0v) is 11.5. The molecule has 0 saturated heterocycles. The molecule has 0 nitrogen and oxygen atoms in total. The van der Waals surface area contributed by atoms with Crippen molar-refractivity contribution in [2.45, 2.75) is 85.5 Å². The van der Waals surface area contributed by atoms with Crippen LogP contribution in [0.3, 0.4) is 0 Å². The largest absolute Gasteiger partial charge is 0.0654 e. The minimum absolute atomic E-state index is 0.945. The Bertz CT molecular complexity index is 117. The van der Waals surface area contributed by atoms with Gasteiger partial charge in [-0.2, -0.15) is 0 Å².